The maximum absolute atomic E-state index is 3.91. The van der Waals surface area contributed by atoms with E-state index in [4.69, 9.17) is 0 Å². The first-order valence-electron chi connectivity index (χ1n) is 4.00. The van der Waals surface area contributed by atoms with Crippen molar-refractivity contribution in [2.45, 2.75) is 40.5 Å². The molecule has 0 aliphatic carbocycles. The average Bonchev–Trinajstić information content (AvgIpc) is 2.39. The second kappa shape index (κ2) is 5.24. The van der Waals surface area contributed by atoms with Gasteiger partial charge in [0.05, 0.1) is 10.6 Å². The summed E-state index contributed by atoms with van der Waals surface area (Å²) < 4.78 is 3.83. The molecule has 0 atom stereocenters. The molecule has 0 saturated carbocycles. The predicted molar refractivity (Wildman–Crippen MR) is 50.1 cm³/mol. The summed E-state index contributed by atoms with van der Waals surface area (Å²) >= 11 is 1.50. The zero-order chi connectivity index (χ0) is 8.85. The monoisotopic (exact) mass is 172 g/mol. The number of rotatable bonds is 1. The molecule has 1 heterocycles. The van der Waals surface area contributed by atoms with Crippen LogP contribution in [-0.4, -0.2) is 9.59 Å². The molecule has 64 valence electrons. The van der Waals surface area contributed by atoms with E-state index in [-0.39, 0.29) is 0 Å². The molecule has 0 amide bonds. The maximum atomic E-state index is 3.91. The number of hydrogen-bond donors (Lipinski definition) is 0. The quantitative estimate of drug-likeness (QED) is 0.650. The van der Waals surface area contributed by atoms with Crippen molar-refractivity contribution in [3.05, 3.63) is 10.6 Å². The van der Waals surface area contributed by atoms with Crippen molar-refractivity contribution >= 4 is 11.5 Å². The molecule has 0 bridgehead atoms. The number of aryl methyl sites for hydroxylation is 1. The molecule has 0 aromatic carbocycles. The molecule has 0 fully saturated rings. The first-order valence-corrected chi connectivity index (χ1v) is 4.78. The lowest BCUT2D eigenvalue weighted by Gasteiger charge is -1.97. The summed E-state index contributed by atoms with van der Waals surface area (Å²) in [5.41, 5.74) is 1.08. The smallest absolute Gasteiger partial charge is 0.0759 e. The highest BCUT2D eigenvalue weighted by molar-refractivity contribution is 7.05. The molecule has 0 spiro atoms. The predicted octanol–water partition coefficient (Wildman–Crippen LogP) is 3.00. The van der Waals surface area contributed by atoms with Crippen molar-refractivity contribution in [1.82, 2.24) is 9.59 Å². The third-order valence-electron chi connectivity index (χ3n) is 1.21. The molecule has 3 heteroatoms. The van der Waals surface area contributed by atoms with Crippen LogP contribution in [0.2, 0.25) is 0 Å². The summed E-state index contributed by atoms with van der Waals surface area (Å²) in [6.07, 6.45) is 0. The highest BCUT2D eigenvalue weighted by Gasteiger charge is 2.05. The molecule has 1 aromatic heterocycles. The van der Waals surface area contributed by atoms with Crippen LogP contribution in [0.5, 0.6) is 0 Å². The van der Waals surface area contributed by atoms with E-state index in [9.17, 15) is 0 Å². The van der Waals surface area contributed by atoms with E-state index in [2.05, 4.69) is 23.4 Å². The normalized spacial score (nSPS) is 9.27. The lowest BCUT2D eigenvalue weighted by atomic mass is 10.1. The van der Waals surface area contributed by atoms with Gasteiger partial charge >= 0.3 is 0 Å². The fourth-order valence-electron chi connectivity index (χ4n) is 0.764. The summed E-state index contributed by atoms with van der Waals surface area (Å²) in [4.78, 5) is 1.30. The SMILES string of the molecule is CC.Cc1nnsc1C(C)C. The van der Waals surface area contributed by atoms with Crippen LogP contribution in [0.1, 0.15) is 44.2 Å². The Morgan fingerprint density at radius 3 is 2.00 bits per heavy atom. The van der Waals surface area contributed by atoms with Crippen LogP contribution in [0.4, 0.5) is 0 Å². The molecule has 0 N–H and O–H groups in total. The molecule has 0 unspecified atom stereocenters. The van der Waals surface area contributed by atoms with E-state index in [0.717, 1.165) is 5.69 Å². The molecular weight excluding hydrogens is 156 g/mol. The largest absolute Gasteiger partial charge is 0.143 e. The van der Waals surface area contributed by atoms with Gasteiger partial charge in [-0.15, -0.1) is 5.10 Å². The van der Waals surface area contributed by atoms with Gasteiger partial charge in [0, 0.05) is 0 Å². The van der Waals surface area contributed by atoms with Gasteiger partial charge in [-0.1, -0.05) is 32.2 Å². The zero-order valence-corrected chi connectivity index (χ0v) is 8.70. The summed E-state index contributed by atoms with van der Waals surface area (Å²) in [6, 6.07) is 0. The third-order valence-corrected chi connectivity index (χ3v) is 2.34. The Balaban J connectivity index is 0.000000461. The van der Waals surface area contributed by atoms with Crippen molar-refractivity contribution in [2.24, 2.45) is 0 Å². The first kappa shape index (κ1) is 10.6. The van der Waals surface area contributed by atoms with Crippen molar-refractivity contribution < 1.29 is 0 Å². The van der Waals surface area contributed by atoms with Gasteiger partial charge in [-0.25, -0.2) is 0 Å². The Morgan fingerprint density at radius 2 is 1.82 bits per heavy atom. The van der Waals surface area contributed by atoms with E-state index >= 15 is 0 Å². The topological polar surface area (TPSA) is 25.8 Å². The molecule has 2 nitrogen and oxygen atoms in total. The summed E-state index contributed by atoms with van der Waals surface area (Å²) in [6.45, 7) is 10.3. The van der Waals surface area contributed by atoms with E-state index in [1.54, 1.807) is 0 Å². The van der Waals surface area contributed by atoms with Gasteiger partial charge in [-0.3, -0.25) is 0 Å². The number of nitrogens with zero attached hydrogens (tertiary/aromatic N) is 2. The van der Waals surface area contributed by atoms with Gasteiger partial charge in [0.15, 0.2) is 0 Å². The van der Waals surface area contributed by atoms with Gasteiger partial charge < -0.3 is 0 Å². The Kier molecular flexibility index (Phi) is 5.03. The van der Waals surface area contributed by atoms with Crippen LogP contribution in [-0.2, 0) is 0 Å². The van der Waals surface area contributed by atoms with Crippen molar-refractivity contribution in [3.63, 3.8) is 0 Å². The van der Waals surface area contributed by atoms with Crippen LogP contribution >= 0.6 is 11.5 Å². The Hall–Kier alpha value is -0.440. The van der Waals surface area contributed by atoms with Crippen LogP contribution in [0, 0.1) is 6.92 Å². The van der Waals surface area contributed by atoms with E-state index in [1.165, 1.54) is 16.4 Å². The summed E-state index contributed by atoms with van der Waals surface area (Å²) in [5, 5.41) is 3.91. The second-order valence-electron chi connectivity index (χ2n) is 2.38. The lowest BCUT2D eigenvalue weighted by molar-refractivity contribution is 0.870. The minimum atomic E-state index is 0.574. The van der Waals surface area contributed by atoms with Gasteiger partial charge in [-0.05, 0) is 24.4 Å². The van der Waals surface area contributed by atoms with E-state index < -0.39 is 0 Å². The lowest BCUT2D eigenvalue weighted by Crippen LogP contribution is -1.84. The van der Waals surface area contributed by atoms with Gasteiger partial charge in [0.2, 0.25) is 0 Å². The Bertz CT molecular complexity index is 194. The fourth-order valence-corrected chi connectivity index (χ4v) is 1.40. The molecule has 0 aliphatic heterocycles. The Morgan fingerprint density at radius 1 is 1.27 bits per heavy atom. The number of hydrogen-bond acceptors (Lipinski definition) is 3. The molecule has 11 heavy (non-hydrogen) atoms. The third kappa shape index (κ3) is 2.97. The summed E-state index contributed by atoms with van der Waals surface area (Å²) in [5.74, 6) is 0.574. The van der Waals surface area contributed by atoms with Crippen LogP contribution in [0.15, 0.2) is 0 Å². The molecule has 0 saturated heterocycles. The van der Waals surface area contributed by atoms with Gasteiger partial charge in [0.1, 0.15) is 0 Å². The molecule has 1 rings (SSSR count). The zero-order valence-electron chi connectivity index (χ0n) is 7.88. The molecule has 1 aromatic rings. The maximum Gasteiger partial charge on any atom is 0.0759 e. The number of aromatic nitrogens is 2. The highest BCUT2D eigenvalue weighted by Crippen LogP contribution is 2.19. The standard InChI is InChI=1S/C6H10N2S.C2H6/c1-4(2)6-5(3)7-8-9-6;1-2/h4H,1-3H3;1-2H3. The second-order valence-corrected chi connectivity index (χ2v) is 3.16. The fraction of sp³-hybridized carbons (Fsp3) is 0.750. The van der Waals surface area contributed by atoms with Crippen molar-refractivity contribution in [1.29, 1.82) is 0 Å². The molecule has 0 radical (unpaired) electrons. The Labute approximate surface area is 72.8 Å². The van der Waals surface area contributed by atoms with E-state index in [1.807, 2.05) is 20.8 Å². The van der Waals surface area contributed by atoms with Crippen LogP contribution < -0.4 is 0 Å². The van der Waals surface area contributed by atoms with Crippen molar-refractivity contribution in [2.75, 3.05) is 0 Å². The van der Waals surface area contributed by atoms with Crippen LogP contribution in [0.25, 0.3) is 0 Å². The van der Waals surface area contributed by atoms with Crippen molar-refractivity contribution in [3.8, 4) is 0 Å². The van der Waals surface area contributed by atoms with Crippen LogP contribution in [0.3, 0.4) is 0 Å². The van der Waals surface area contributed by atoms with Gasteiger partial charge in [0.25, 0.3) is 0 Å². The minimum Gasteiger partial charge on any atom is -0.143 e. The first-order chi connectivity index (χ1) is 5.22. The molecular formula is C8H16N2S. The average molecular weight is 172 g/mol. The summed E-state index contributed by atoms with van der Waals surface area (Å²) in [7, 11) is 0. The minimum absolute atomic E-state index is 0.574. The van der Waals surface area contributed by atoms with Gasteiger partial charge in [-0.2, -0.15) is 0 Å². The highest BCUT2D eigenvalue weighted by atomic mass is 32.1. The molecule has 0 aliphatic rings. The van der Waals surface area contributed by atoms with E-state index in [0.29, 0.717) is 5.92 Å².